The second kappa shape index (κ2) is 4.37. The van der Waals surface area contributed by atoms with Gasteiger partial charge in [0.25, 0.3) is 5.56 Å². The second-order valence-electron chi connectivity index (χ2n) is 3.78. The standard InChI is InChI=1S/C12H13BrN2O/c1-3-6-15-8(2)14-11-5-4-9(13)7-10(11)12(15)16/h4-5,7H,3,6H2,1-2H3. The second-order valence-corrected chi connectivity index (χ2v) is 4.69. The summed E-state index contributed by atoms with van der Waals surface area (Å²) in [6.07, 6.45) is 0.932. The van der Waals surface area contributed by atoms with E-state index in [0.717, 1.165) is 28.8 Å². The van der Waals surface area contributed by atoms with E-state index in [1.54, 1.807) is 4.57 Å². The Morgan fingerprint density at radius 3 is 2.88 bits per heavy atom. The molecule has 84 valence electrons. The Morgan fingerprint density at radius 2 is 2.19 bits per heavy atom. The minimum Gasteiger partial charge on any atom is -0.296 e. The van der Waals surface area contributed by atoms with E-state index in [1.165, 1.54) is 0 Å². The van der Waals surface area contributed by atoms with Crippen molar-refractivity contribution in [2.45, 2.75) is 26.8 Å². The van der Waals surface area contributed by atoms with E-state index in [0.29, 0.717) is 5.39 Å². The molecule has 0 N–H and O–H groups in total. The summed E-state index contributed by atoms with van der Waals surface area (Å²) in [6, 6.07) is 5.60. The fourth-order valence-electron chi connectivity index (χ4n) is 1.79. The van der Waals surface area contributed by atoms with E-state index < -0.39 is 0 Å². The van der Waals surface area contributed by atoms with Gasteiger partial charge in [0.15, 0.2) is 0 Å². The summed E-state index contributed by atoms with van der Waals surface area (Å²) in [5.74, 6) is 0.779. The number of nitrogens with zero attached hydrogens (tertiary/aromatic N) is 2. The lowest BCUT2D eigenvalue weighted by Gasteiger charge is -2.09. The highest BCUT2D eigenvalue weighted by Crippen LogP contribution is 2.15. The van der Waals surface area contributed by atoms with Crippen molar-refractivity contribution in [1.29, 1.82) is 0 Å². The first-order chi connectivity index (χ1) is 7.63. The predicted molar refractivity (Wildman–Crippen MR) is 68.7 cm³/mol. The fraction of sp³-hybridized carbons (Fsp3) is 0.333. The molecule has 1 aromatic carbocycles. The maximum absolute atomic E-state index is 12.2. The van der Waals surface area contributed by atoms with Crippen LogP contribution in [0, 0.1) is 6.92 Å². The van der Waals surface area contributed by atoms with E-state index in [2.05, 4.69) is 27.8 Å². The molecule has 0 saturated carbocycles. The largest absolute Gasteiger partial charge is 0.296 e. The molecule has 0 aliphatic rings. The Morgan fingerprint density at radius 1 is 1.44 bits per heavy atom. The molecule has 1 heterocycles. The van der Waals surface area contributed by atoms with Crippen molar-refractivity contribution in [2.75, 3.05) is 0 Å². The minimum atomic E-state index is 0.0469. The van der Waals surface area contributed by atoms with Crippen LogP contribution in [-0.2, 0) is 6.54 Å². The van der Waals surface area contributed by atoms with Gasteiger partial charge in [-0.05, 0) is 31.5 Å². The molecule has 0 amide bonds. The number of hydrogen-bond acceptors (Lipinski definition) is 2. The number of hydrogen-bond donors (Lipinski definition) is 0. The monoisotopic (exact) mass is 280 g/mol. The van der Waals surface area contributed by atoms with Gasteiger partial charge in [0, 0.05) is 11.0 Å². The third-order valence-corrected chi connectivity index (χ3v) is 3.05. The Bertz CT molecular complexity index is 589. The van der Waals surface area contributed by atoms with E-state index in [-0.39, 0.29) is 5.56 Å². The summed E-state index contributed by atoms with van der Waals surface area (Å²) in [5.41, 5.74) is 0.809. The lowest BCUT2D eigenvalue weighted by atomic mass is 10.2. The summed E-state index contributed by atoms with van der Waals surface area (Å²) in [6.45, 7) is 4.65. The lowest BCUT2D eigenvalue weighted by Crippen LogP contribution is -2.23. The maximum Gasteiger partial charge on any atom is 0.261 e. The molecule has 0 atom stereocenters. The van der Waals surface area contributed by atoms with Gasteiger partial charge in [0.05, 0.1) is 10.9 Å². The normalized spacial score (nSPS) is 10.9. The van der Waals surface area contributed by atoms with Crippen LogP contribution in [0.4, 0.5) is 0 Å². The molecule has 1 aromatic heterocycles. The zero-order valence-corrected chi connectivity index (χ0v) is 10.9. The summed E-state index contributed by atoms with van der Waals surface area (Å²) in [4.78, 5) is 16.6. The molecule has 4 heteroatoms. The highest BCUT2D eigenvalue weighted by atomic mass is 79.9. The van der Waals surface area contributed by atoms with Crippen LogP contribution in [0.5, 0.6) is 0 Å². The van der Waals surface area contributed by atoms with Crippen molar-refractivity contribution in [2.24, 2.45) is 0 Å². The third kappa shape index (κ3) is 1.89. The molecule has 0 fully saturated rings. The van der Waals surface area contributed by atoms with Crippen LogP contribution in [0.1, 0.15) is 19.2 Å². The van der Waals surface area contributed by atoms with Gasteiger partial charge in [-0.2, -0.15) is 0 Å². The molecule has 0 spiro atoms. The zero-order chi connectivity index (χ0) is 11.7. The molecule has 2 rings (SSSR count). The molecule has 16 heavy (non-hydrogen) atoms. The van der Waals surface area contributed by atoms with Crippen LogP contribution in [-0.4, -0.2) is 9.55 Å². The topological polar surface area (TPSA) is 34.9 Å². The van der Waals surface area contributed by atoms with E-state index in [1.807, 2.05) is 25.1 Å². The number of aromatic nitrogens is 2. The zero-order valence-electron chi connectivity index (χ0n) is 9.33. The average Bonchev–Trinajstić information content (AvgIpc) is 2.26. The van der Waals surface area contributed by atoms with Crippen LogP contribution in [0.3, 0.4) is 0 Å². The molecular formula is C12H13BrN2O. The average molecular weight is 281 g/mol. The van der Waals surface area contributed by atoms with Crippen LogP contribution in [0.15, 0.2) is 27.5 Å². The van der Waals surface area contributed by atoms with Crippen molar-refractivity contribution in [3.8, 4) is 0 Å². The van der Waals surface area contributed by atoms with Crippen LogP contribution >= 0.6 is 15.9 Å². The summed E-state index contributed by atoms with van der Waals surface area (Å²) < 4.78 is 2.64. The summed E-state index contributed by atoms with van der Waals surface area (Å²) >= 11 is 3.37. The Hall–Kier alpha value is -1.16. The van der Waals surface area contributed by atoms with Gasteiger partial charge in [-0.3, -0.25) is 9.36 Å². The van der Waals surface area contributed by atoms with Gasteiger partial charge >= 0.3 is 0 Å². The maximum atomic E-state index is 12.2. The molecule has 2 aromatic rings. The van der Waals surface area contributed by atoms with E-state index >= 15 is 0 Å². The van der Waals surface area contributed by atoms with Gasteiger partial charge in [-0.25, -0.2) is 4.98 Å². The van der Waals surface area contributed by atoms with Crippen molar-refractivity contribution in [3.05, 3.63) is 38.9 Å². The molecule has 0 aliphatic heterocycles. The summed E-state index contributed by atoms with van der Waals surface area (Å²) in [5, 5.41) is 0.674. The van der Waals surface area contributed by atoms with Crippen molar-refractivity contribution in [1.82, 2.24) is 9.55 Å². The van der Waals surface area contributed by atoms with Gasteiger partial charge in [0.1, 0.15) is 5.82 Å². The fourth-order valence-corrected chi connectivity index (χ4v) is 2.15. The predicted octanol–water partition coefficient (Wildman–Crippen LogP) is 2.88. The lowest BCUT2D eigenvalue weighted by molar-refractivity contribution is 0.625. The van der Waals surface area contributed by atoms with Gasteiger partial charge in [-0.15, -0.1) is 0 Å². The Kier molecular flexibility index (Phi) is 3.10. The first-order valence-electron chi connectivity index (χ1n) is 5.30. The van der Waals surface area contributed by atoms with Crippen molar-refractivity contribution >= 4 is 26.8 Å². The van der Waals surface area contributed by atoms with Crippen molar-refractivity contribution < 1.29 is 0 Å². The quantitative estimate of drug-likeness (QED) is 0.848. The Labute approximate surface area is 102 Å². The molecule has 0 radical (unpaired) electrons. The molecular weight excluding hydrogens is 268 g/mol. The van der Waals surface area contributed by atoms with E-state index in [4.69, 9.17) is 0 Å². The van der Waals surface area contributed by atoms with E-state index in [9.17, 15) is 4.79 Å². The molecule has 0 saturated heterocycles. The SMILES string of the molecule is CCCn1c(C)nc2ccc(Br)cc2c1=O. The smallest absolute Gasteiger partial charge is 0.261 e. The first kappa shape index (κ1) is 11.3. The third-order valence-electron chi connectivity index (χ3n) is 2.55. The Balaban J connectivity index is 2.80. The van der Waals surface area contributed by atoms with Crippen molar-refractivity contribution in [3.63, 3.8) is 0 Å². The number of aryl methyl sites for hydroxylation is 1. The van der Waals surface area contributed by atoms with Crippen LogP contribution in [0.2, 0.25) is 0 Å². The number of benzene rings is 1. The minimum absolute atomic E-state index is 0.0469. The van der Waals surface area contributed by atoms with Gasteiger partial charge in [-0.1, -0.05) is 22.9 Å². The molecule has 3 nitrogen and oxygen atoms in total. The van der Waals surface area contributed by atoms with Crippen LogP contribution < -0.4 is 5.56 Å². The molecule has 0 unspecified atom stereocenters. The van der Waals surface area contributed by atoms with Gasteiger partial charge in [0.2, 0.25) is 0 Å². The van der Waals surface area contributed by atoms with Gasteiger partial charge < -0.3 is 0 Å². The molecule has 0 aliphatic carbocycles. The van der Waals surface area contributed by atoms with Crippen LogP contribution in [0.25, 0.3) is 10.9 Å². The number of rotatable bonds is 2. The first-order valence-corrected chi connectivity index (χ1v) is 6.09. The highest BCUT2D eigenvalue weighted by molar-refractivity contribution is 9.10. The number of fused-ring (bicyclic) bond motifs is 1. The summed E-state index contributed by atoms with van der Waals surface area (Å²) in [7, 11) is 0. The molecule has 0 bridgehead atoms. The highest BCUT2D eigenvalue weighted by Gasteiger charge is 2.07. The number of halogens is 1.